The molecule has 0 N–H and O–H groups in total. The van der Waals surface area contributed by atoms with E-state index in [-0.39, 0.29) is 11.7 Å². The molecule has 0 spiro atoms. The molecule has 2 heteroatoms. The van der Waals surface area contributed by atoms with E-state index in [9.17, 15) is 4.79 Å². The summed E-state index contributed by atoms with van der Waals surface area (Å²) in [7, 11) is 0. The fourth-order valence-corrected chi connectivity index (χ4v) is 3.32. The third-order valence-corrected chi connectivity index (χ3v) is 4.73. The van der Waals surface area contributed by atoms with E-state index < -0.39 is 0 Å². The highest BCUT2D eigenvalue weighted by atomic mass is 16.5. The summed E-state index contributed by atoms with van der Waals surface area (Å²) in [5, 5.41) is 0. The van der Waals surface area contributed by atoms with Gasteiger partial charge in [-0.3, -0.25) is 4.79 Å². The molecule has 1 atom stereocenters. The van der Waals surface area contributed by atoms with E-state index in [0.29, 0.717) is 0 Å². The van der Waals surface area contributed by atoms with Gasteiger partial charge in [0.2, 0.25) is 0 Å². The van der Waals surface area contributed by atoms with Crippen molar-refractivity contribution in [1.82, 2.24) is 0 Å². The van der Waals surface area contributed by atoms with Crippen LogP contribution in [0.2, 0.25) is 0 Å². The van der Waals surface area contributed by atoms with E-state index in [4.69, 9.17) is 4.74 Å². The van der Waals surface area contributed by atoms with E-state index in [0.717, 1.165) is 60.3 Å². The van der Waals surface area contributed by atoms with E-state index >= 15 is 0 Å². The number of Topliss-reactive ketones (excluding diaryl/α,β-unsaturated/α-hetero) is 1. The highest BCUT2D eigenvalue weighted by molar-refractivity contribution is 6.00. The fourth-order valence-electron chi connectivity index (χ4n) is 3.32. The van der Waals surface area contributed by atoms with Crippen LogP contribution < -0.4 is 4.74 Å². The molecule has 0 saturated heterocycles. The van der Waals surface area contributed by atoms with Gasteiger partial charge in [0.15, 0.2) is 5.78 Å². The summed E-state index contributed by atoms with van der Waals surface area (Å²) < 4.78 is 6.01. The van der Waals surface area contributed by atoms with Crippen LogP contribution in [0.25, 0.3) is 0 Å². The molecule has 0 saturated carbocycles. The molecule has 23 heavy (non-hydrogen) atoms. The van der Waals surface area contributed by atoms with E-state index in [1.165, 1.54) is 0 Å². The zero-order valence-electron chi connectivity index (χ0n) is 14.0. The zero-order valence-corrected chi connectivity index (χ0v) is 14.0. The van der Waals surface area contributed by atoms with Crippen LogP contribution >= 0.6 is 0 Å². The van der Waals surface area contributed by atoms with Crippen LogP contribution in [0.15, 0.2) is 42.5 Å². The van der Waals surface area contributed by atoms with Gasteiger partial charge in [-0.15, -0.1) is 0 Å². The van der Waals surface area contributed by atoms with Crippen LogP contribution in [0.1, 0.15) is 61.0 Å². The first-order valence-corrected chi connectivity index (χ1v) is 8.66. The first kappa shape index (κ1) is 15.8. The minimum Gasteiger partial charge on any atom is -0.457 e. The molecule has 1 aliphatic heterocycles. The molecule has 1 unspecified atom stereocenters. The lowest BCUT2D eigenvalue weighted by atomic mass is 9.86. The van der Waals surface area contributed by atoms with E-state index in [2.05, 4.69) is 19.9 Å². The lowest BCUT2D eigenvalue weighted by molar-refractivity contribution is 0.0907. The van der Waals surface area contributed by atoms with Crippen molar-refractivity contribution in [1.29, 1.82) is 0 Å². The summed E-state index contributed by atoms with van der Waals surface area (Å²) in [5.74, 6) is 2.14. The highest BCUT2D eigenvalue weighted by Gasteiger charge is 2.25. The molecule has 1 heterocycles. The summed E-state index contributed by atoms with van der Waals surface area (Å²) in [6.07, 6.45) is 4.90. The first-order chi connectivity index (χ1) is 11.2. The number of benzene rings is 2. The predicted octanol–water partition coefficient (Wildman–Crippen LogP) is 5.78. The van der Waals surface area contributed by atoms with Gasteiger partial charge in [-0.05, 0) is 30.5 Å². The summed E-state index contributed by atoms with van der Waals surface area (Å²) >= 11 is 0. The van der Waals surface area contributed by atoms with Gasteiger partial charge < -0.3 is 4.74 Å². The summed E-state index contributed by atoms with van der Waals surface area (Å²) in [4.78, 5) is 13.0. The van der Waals surface area contributed by atoms with Crippen LogP contribution in [0, 0.1) is 5.92 Å². The maximum atomic E-state index is 13.0. The summed E-state index contributed by atoms with van der Waals surface area (Å²) in [6, 6.07) is 13.9. The molecule has 120 valence electrons. The second-order valence-electron chi connectivity index (χ2n) is 6.28. The number of rotatable bonds is 6. The van der Waals surface area contributed by atoms with Crippen molar-refractivity contribution in [2.45, 2.75) is 46.0 Å². The number of hydrogen-bond donors (Lipinski definition) is 0. The molecule has 2 aromatic carbocycles. The van der Waals surface area contributed by atoms with Crippen molar-refractivity contribution < 1.29 is 9.53 Å². The van der Waals surface area contributed by atoms with Crippen molar-refractivity contribution in [2.24, 2.45) is 5.92 Å². The zero-order chi connectivity index (χ0) is 16.2. The Balaban J connectivity index is 1.92. The average molecular weight is 308 g/mol. The molecule has 0 bridgehead atoms. The van der Waals surface area contributed by atoms with Gasteiger partial charge in [-0.2, -0.15) is 0 Å². The fraction of sp³-hybridized carbons (Fsp3) is 0.381. The number of unbranched alkanes of at least 4 members (excludes halogenated alkanes) is 1. The quantitative estimate of drug-likeness (QED) is 0.539. The predicted molar refractivity (Wildman–Crippen MR) is 93.4 cm³/mol. The summed E-state index contributed by atoms with van der Waals surface area (Å²) in [5.41, 5.74) is 3.05. The molecule has 3 rings (SSSR count). The van der Waals surface area contributed by atoms with E-state index in [1.54, 1.807) is 0 Å². The number of ketones is 1. The molecular formula is C21H24O2. The minimum absolute atomic E-state index is 0.124. The topological polar surface area (TPSA) is 26.3 Å². The van der Waals surface area contributed by atoms with Crippen molar-refractivity contribution in [3.05, 3.63) is 59.2 Å². The lowest BCUT2D eigenvalue weighted by Gasteiger charge is -2.23. The second-order valence-corrected chi connectivity index (χ2v) is 6.28. The Hall–Kier alpha value is -2.09. The molecule has 0 aromatic heterocycles. The molecule has 0 aliphatic carbocycles. The van der Waals surface area contributed by atoms with Crippen LogP contribution in [0.5, 0.6) is 11.5 Å². The van der Waals surface area contributed by atoms with Gasteiger partial charge in [0.1, 0.15) is 11.5 Å². The largest absolute Gasteiger partial charge is 0.457 e. The Morgan fingerprint density at radius 3 is 2.65 bits per heavy atom. The number of para-hydroxylation sites is 1. The van der Waals surface area contributed by atoms with Gasteiger partial charge in [0, 0.05) is 23.5 Å². The van der Waals surface area contributed by atoms with Crippen molar-refractivity contribution in [2.75, 3.05) is 0 Å². The number of carbonyl (C=O) groups excluding carboxylic acids is 1. The van der Waals surface area contributed by atoms with Crippen molar-refractivity contribution in [3.8, 4) is 11.5 Å². The maximum Gasteiger partial charge on any atom is 0.166 e. The third kappa shape index (κ3) is 3.17. The maximum absolute atomic E-state index is 13.0. The standard InChI is InChI=1S/C21H24O2/c1-3-5-9-15(4-2)21(22)17-11-8-13-20-18(17)14-16-10-6-7-12-19(16)23-20/h6-8,10-13,15H,3-5,9,14H2,1-2H3. The lowest BCUT2D eigenvalue weighted by Crippen LogP contribution is -2.17. The second kappa shape index (κ2) is 6.99. The smallest absolute Gasteiger partial charge is 0.166 e. The van der Waals surface area contributed by atoms with Crippen LogP contribution in [0.4, 0.5) is 0 Å². The Labute approximate surface area is 138 Å². The van der Waals surface area contributed by atoms with Gasteiger partial charge in [-0.1, -0.05) is 57.0 Å². The number of fused-ring (bicyclic) bond motifs is 2. The Morgan fingerprint density at radius 2 is 1.87 bits per heavy atom. The Bertz CT molecular complexity index is 703. The van der Waals surface area contributed by atoms with Gasteiger partial charge in [0.25, 0.3) is 0 Å². The Kier molecular flexibility index (Phi) is 4.80. The molecule has 0 fully saturated rings. The Morgan fingerprint density at radius 1 is 1.09 bits per heavy atom. The van der Waals surface area contributed by atoms with Crippen LogP contribution in [-0.4, -0.2) is 5.78 Å². The normalized spacial score (nSPS) is 13.7. The van der Waals surface area contributed by atoms with Gasteiger partial charge in [0.05, 0.1) is 0 Å². The highest BCUT2D eigenvalue weighted by Crippen LogP contribution is 2.38. The molecule has 2 aromatic rings. The third-order valence-electron chi connectivity index (χ3n) is 4.73. The molecule has 1 aliphatic rings. The molecule has 2 nitrogen and oxygen atoms in total. The average Bonchev–Trinajstić information content (AvgIpc) is 2.59. The minimum atomic E-state index is 0.124. The molecule has 0 radical (unpaired) electrons. The molecule has 0 amide bonds. The van der Waals surface area contributed by atoms with Crippen molar-refractivity contribution in [3.63, 3.8) is 0 Å². The van der Waals surface area contributed by atoms with Crippen LogP contribution in [0.3, 0.4) is 0 Å². The first-order valence-electron chi connectivity index (χ1n) is 8.66. The monoisotopic (exact) mass is 308 g/mol. The number of carbonyl (C=O) groups is 1. The molecular weight excluding hydrogens is 284 g/mol. The van der Waals surface area contributed by atoms with Crippen molar-refractivity contribution >= 4 is 5.78 Å². The van der Waals surface area contributed by atoms with Gasteiger partial charge in [-0.25, -0.2) is 0 Å². The summed E-state index contributed by atoms with van der Waals surface area (Å²) in [6.45, 7) is 4.28. The number of ether oxygens (including phenoxy) is 1. The SMILES string of the molecule is CCCCC(CC)C(=O)c1cccc2c1Cc1ccccc1O2. The number of hydrogen-bond acceptors (Lipinski definition) is 2. The van der Waals surface area contributed by atoms with Gasteiger partial charge >= 0.3 is 0 Å². The van der Waals surface area contributed by atoms with E-state index in [1.807, 2.05) is 36.4 Å². The van der Waals surface area contributed by atoms with Crippen LogP contribution in [-0.2, 0) is 6.42 Å².